The Balaban J connectivity index is 2.41. The van der Waals surface area contributed by atoms with Crippen LogP contribution in [0, 0.1) is 5.82 Å². The number of hydrogen-bond acceptors (Lipinski definition) is 1. The topological polar surface area (TPSA) is 37.3 Å². The van der Waals surface area contributed by atoms with Gasteiger partial charge < -0.3 is 5.11 Å². The van der Waals surface area contributed by atoms with Gasteiger partial charge in [0.15, 0.2) is 0 Å². The minimum atomic E-state index is -1.19. The predicted molar refractivity (Wildman–Crippen MR) is 45.3 cm³/mol. The number of carboxylic acid groups (broad SMARTS) is 1. The lowest BCUT2D eigenvalue weighted by molar-refractivity contribution is 0.0692. The van der Waals surface area contributed by atoms with E-state index in [1.165, 1.54) is 12.1 Å². The third-order valence-corrected chi connectivity index (χ3v) is 2.27. The molecular weight excluding hydrogens is 171 g/mol. The molecule has 1 aliphatic carbocycles. The van der Waals surface area contributed by atoms with E-state index >= 15 is 0 Å². The first-order valence-electron chi connectivity index (χ1n) is 4.21. The summed E-state index contributed by atoms with van der Waals surface area (Å²) in [6.45, 7) is 0. The smallest absolute Gasteiger partial charge is 0.338 e. The summed E-state index contributed by atoms with van der Waals surface area (Å²) in [5.74, 6) is -1.39. The molecule has 0 heterocycles. The lowest BCUT2D eigenvalue weighted by Crippen LogP contribution is -2.01. The molecule has 0 aliphatic heterocycles. The second-order valence-electron chi connectivity index (χ2n) is 3.32. The molecule has 0 radical (unpaired) electrons. The number of carboxylic acids is 1. The maximum absolute atomic E-state index is 12.9. The molecule has 0 aromatic heterocycles. The molecule has 0 spiro atoms. The Morgan fingerprint density at radius 3 is 2.69 bits per heavy atom. The molecule has 0 unspecified atom stereocenters. The minimum Gasteiger partial charge on any atom is -0.478 e. The van der Waals surface area contributed by atoms with Crippen molar-refractivity contribution >= 4 is 5.97 Å². The van der Waals surface area contributed by atoms with Crippen molar-refractivity contribution in [3.05, 3.63) is 35.1 Å². The highest BCUT2D eigenvalue weighted by molar-refractivity contribution is 5.88. The zero-order chi connectivity index (χ0) is 9.42. The highest BCUT2D eigenvalue weighted by Gasteiger charge is 2.25. The zero-order valence-electron chi connectivity index (χ0n) is 6.96. The molecule has 0 atom stereocenters. The van der Waals surface area contributed by atoms with Crippen molar-refractivity contribution in [3.8, 4) is 0 Å². The van der Waals surface area contributed by atoms with Gasteiger partial charge in [0.2, 0.25) is 0 Å². The molecule has 3 heteroatoms. The van der Waals surface area contributed by atoms with Gasteiger partial charge in [0.25, 0.3) is 0 Å². The van der Waals surface area contributed by atoms with E-state index in [0.717, 1.165) is 18.4 Å². The molecule has 1 aromatic rings. The molecule has 2 rings (SSSR count). The summed E-state index contributed by atoms with van der Waals surface area (Å²) in [5, 5.41) is 8.65. The monoisotopic (exact) mass is 180 g/mol. The average Bonchev–Trinajstić information content (AvgIpc) is 2.87. The van der Waals surface area contributed by atoms with Crippen LogP contribution in [0.15, 0.2) is 18.2 Å². The summed E-state index contributed by atoms with van der Waals surface area (Å²) in [4.78, 5) is 10.6. The van der Waals surface area contributed by atoms with Crippen molar-refractivity contribution < 1.29 is 14.3 Å². The van der Waals surface area contributed by atoms with Crippen LogP contribution in [-0.4, -0.2) is 11.1 Å². The highest BCUT2D eigenvalue weighted by atomic mass is 19.1. The quantitative estimate of drug-likeness (QED) is 0.758. The summed E-state index contributed by atoms with van der Waals surface area (Å²) >= 11 is 0. The van der Waals surface area contributed by atoms with Crippen LogP contribution in [0.4, 0.5) is 4.39 Å². The van der Waals surface area contributed by atoms with Crippen LogP contribution in [-0.2, 0) is 0 Å². The lowest BCUT2D eigenvalue weighted by Gasteiger charge is -2.01. The molecular formula is C10H9FO2. The Labute approximate surface area is 75.0 Å². The van der Waals surface area contributed by atoms with E-state index in [1.807, 2.05) is 0 Å². The van der Waals surface area contributed by atoms with E-state index < -0.39 is 11.8 Å². The molecule has 1 N–H and O–H groups in total. The first-order valence-corrected chi connectivity index (χ1v) is 4.21. The van der Waals surface area contributed by atoms with Crippen LogP contribution >= 0.6 is 0 Å². The second-order valence-corrected chi connectivity index (χ2v) is 3.32. The average molecular weight is 180 g/mol. The van der Waals surface area contributed by atoms with Crippen LogP contribution in [0.3, 0.4) is 0 Å². The van der Waals surface area contributed by atoms with E-state index in [-0.39, 0.29) is 5.56 Å². The molecule has 1 fully saturated rings. The summed E-state index contributed by atoms with van der Waals surface area (Å²) in [5.41, 5.74) is 0.725. The summed E-state index contributed by atoms with van der Waals surface area (Å²) in [6, 6.07) is 4.34. The second kappa shape index (κ2) is 2.83. The fourth-order valence-corrected chi connectivity index (χ4v) is 1.38. The summed E-state index contributed by atoms with van der Waals surface area (Å²) < 4.78 is 12.9. The van der Waals surface area contributed by atoms with Gasteiger partial charge in [-0.05, 0) is 36.5 Å². The Hall–Kier alpha value is -1.38. The lowest BCUT2D eigenvalue weighted by atomic mass is 10.1. The number of aromatic carboxylic acids is 1. The third kappa shape index (κ3) is 1.54. The number of hydrogen-bond donors (Lipinski definition) is 1. The maximum atomic E-state index is 12.9. The largest absolute Gasteiger partial charge is 0.478 e. The van der Waals surface area contributed by atoms with Gasteiger partial charge in [-0.1, -0.05) is 6.07 Å². The van der Waals surface area contributed by atoms with Crippen LogP contribution in [0.25, 0.3) is 0 Å². The van der Waals surface area contributed by atoms with E-state index in [0.29, 0.717) is 5.92 Å². The van der Waals surface area contributed by atoms with Crippen LogP contribution < -0.4 is 0 Å². The molecule has 1 aliphatic rings. The number of halogens is 1. The van der Waals surface area contributed by atoms with Crippen molar-refractivity contribution in [2.24, 2.45) is 0 Å². The van der Waals surface area contributed by atoms with E-state index in [4.69, 9.17) is 5.11 Å². The van der Waals surface area contributed by atoms with E-state index in [1.54, 1.807) is 6.07 Å². The van der Waals surface area contributed by atoms with Crippen LogP contribution in [0.5, 0.6) is 0 Å². The highest BCUT2D eigenvalue weighted by Crippen LogP contribution is 2.40. The molecule has 1 saturated carbocycles. The zero-order valence-corrected chi connectivity index (χ0v) is 6.96. The Morgan fingerprint density at radius 1 is 1.46 bits per heavy atom. The van der Waals surface area contributed by atoms with Crippen molar-refractivity contribution in [3.63, 3.8) is 0 Å². The third-order valence-electron chi connectivity index (χ3n) is 2.27. The normalized spacial score (nSPS) is 15.8. The Kier molecular flexibility index (Phi) is 1.79. The number of benzene rings is 1. The van der Waals surface area contributed by atoms with E-state index in [2.05, 4.69) is 0 Å². The summed E-state index contributed by atoms with van der Waals surface area (Å²) in [7, 11) is 0. The Morgan fingerprint density at radius 2 is 2.15 bits per heavy atom. The number of rotatable bonds is 2. The van der Waals surface area contributed by atoms with Gasteiger partial charge in [-0.2, -0.15) is 0 Å². The van der Waals surface area contributed by atoms with Crippen molar-refractivity contribution in [2.75, 3.05) is 0 Å². The molecule has 0 amide bonds. The minimum absolute atomic E-state index is 0.218. The first-order chi connectivity index (χ1) is 6.18. The van der Waals surface area contributed by atoms with Gasteiger partial charge >= 0.3 is 5.97 Å². The van der Waals surface area contributed by atoms with Crippen molar-refractivity contribution in [1.29, 1.82) is 0 Å². The molecule has 13 heavy (non-hydrogen) atoms. The van der Waals surface area contributed by atoms with Crippen LogP contribution in [0.1, 0.15) is 34.7 Å². The van der Waals surface area contributed by atoms with Crippen molar-refractivity contribution in [1.82, 2.24) is 0 Å². The fourth-order valence-electron chi connectivity index (χ4n) is 1.38. The first kappa shape index (κ1) is 8.23. The standard InChI is InChI=1S/C10H9FO2/c11-9-4-3-7(6-1-2-6)5-8(9)10(12)13/h3-6H,1-2H2,(H,12,13). The van der Waals surface area contributed by atoms with Gasteiger partial charge in [0.05, 0.1) is 5.56 Å². The van der Waals surface area contributed by atoms with Gasteiger partial charge in [0.1, 0.15) is 5.82 Å². The molecule has 0 bridgehead atoms. The number of carbonyl (C=O) groups is 1. The maximum Gasteiger partial charge on any atom is 0.338 e. The molecule has 68 valence electrons. The van der Waals surface area contributed by atoms with Gasteiger partial charge in [-0.15, -0.1) is 0 Å². The fraction of sp³-hybridized carbons (Fsp3) is 0.300. The predicted octanol–water partition coefficient (Wildman–Crippen LogP) is 2.40. The Bertz CT molecular complexity index is 356. The molecule has 1 aromatic carbocycles. The van der Waals surface area contributed by atoms with E-state index in [9.17, 15) is 9.18 Å². The van der Waals surface area contributed by atoms with Gasteiger partial charge in [-0.3, -0.25) is 0 Å². The summed E-state index contributed by atoms with van der Waals surface area (Å²) in [6.07, 6.45) is 2.18. The SMILES string of the molecule is O=C(O)c1cc(C2CC2)ccc1F. The van der Waals surface area contributed by atoms with Gasteiger partial charge in [-0.25, -0.2) is 9.18 Å². The molecule has 2 nitrogen and oxygen atoms in total. The van der Waals surface area contributed by atoms with Crippen LogP contribution in [0.2, 0.25) is 0 Å². The van der Waals surface area contributed by atoms with Gasteiger partial charge in [0, 0.05) is 0 Å². The molecule has 0 saturated heterocycles. The van der Waals surface area contributed by atoms with Crippen molar-refractivity contribution in [2.45, 2.75) is 18.8 Å².